The van der Waals surface area contributed by atoms with E-state index in [4.69, 9.17) is 5.11 Å². The number of carboxylic acids is 1. The predicted octanol–water partition coefficient (Wildman–Crippen LogP) is 0.946. The Balaban J connectivity index is 0.00000576. The first kappa shape index (κ1) is 22.8. The minimum Gasteiger partial charge on any atom is -0.480 e. The van der Waals surface area contributed by atoms with Gasteiger partial charge in [0.1, 0.15) is 11.9 Å². The summed E-state index contributed by atoms with van der Waals surface area (Å²) < 4.78 is 12.9. The molecule has 25 heavy (non-hydrogen) atoms. The Hall–Kier alpha value is -2.19. The third-order valence-electron chi connectivity index (χ3n) is 3.61. The number of halogens is 2. The molecule has 0 spiro atoms. The summed E-state index contributed by atoms with van der Waals surface area (Å²) in [5.41, 5.74) is 0.742. The van der Waals surface area contributed by atoms with Crippen molar-refractivity contribution in [1.29, 1.82) is 0 Å². The highest BCUT2D eigenvalue weighted by atomic mass is 35.5. The van der Waals surface area contributed by atoms with Gasteiger partial charge in [0.15, 0.2) is 0 Å². The lowest BCUT2D eigenvalue weighted by Crippen LogP contribution is -2.45. The van der Waals surface area contributed by atoms with Crippen LogP contribution >= 0.6 is 12.4 Å². The van der Waals surface area contributed by atoms with Crippen molar-refractivity contribution in [2.45, 2.75) is 25.9 Å². The number of benzene rings is 1. The van der Waals surface area contributed by atoms with Crippen LogP contribution in [0, 0.1) is 5.82 Å². The Kier molecular flexibility index (Phi) is 9.70. The molecule has 0 fully saturated rings. The van der Waals surface area contributed by atoms with Gasteiger partial charge in [0.25, 0.3) is 0 Å². The smallest absolute Gasteiger partial charge is 0.320 e. The minimum absolute atomic E-state index is 0. The largest absolute Gasteiger partial charge is 0.480 e. The molecule has 0 saturated carbocycles. The third kappa shape index (κ3) is 7.95. The highest BCUT2D eigenvalue weighted by Crippen LogP contribution is 2.12. The third-order valence-corrected chi connectivity index (χ3v) is 3.61. The van der Waals surface area contributed by atoms with Crippen molar-refractivity contribution in [1.82, 2.24) is 15.5 Å². The molecule has 0 radical (unpaired) electrons. The first-order valence-corrected chi connectivity index (χ1v) is 7.45. The fourth-order valence-corrected chi connectivity index (χ4v) is 1.91. The molecule has 7 nitrogen and oxygen atoms in total. The molecule has 0 bridgehead atoms. The van der Waals surface area contributed by atoms with Crippen molar-refractivity contribution in [3.05, 3.63) is 35.6 Å². The van der Waals surface area contributed by atoms with Crippen LogP contribution in [0.2, 0.25) is 0 Å². The minimum atomic E-state index is -1.03. The zero-order valence-electron chi connectivity index (χ0n) is 14.3. The van der Waals surface area contributed by atoms with E-state index in [1.165, 1.54) is 31.0 Å². The summed E-state index contributed by atoms with van der Waals surface area (Å²) in [7, 11) is 1.51. The molecule has 3 N–H and O–H groups in total. The molecule has 0 aliphatic carbocycles. The highest BCUT2D eigenvalue weighted by molar-refractivity contribution is 5.86. The number of nitrogens with one attached hydrogen (secondary N) is 2. The van der Waals surface area contributed by atoms with E-state index in [1.54, 1.807) is 19.1 Å². The van der Waals surface area contributed by atoms with Crippen molar-refractivity contribution in [2.24, 2.45) is 0 Å². The zero-order valence-corrected chi connectivity index (χ0v) is 15.1. The summed E-state index contributed by atoms with van der Waals surface area (Å²) in [6.45, 7) is 2.86. The van der Waals surface area contributed by atoms with Crippen LogP contribution in [0.15, 0.2) is 24.3 Å². The van der Waals surface area contributed by atoms with Gasteiger partial charge in [0.05, 0.1) is 19.1 Å². The standard InChI is InChI=1S/C16H22FN3O4.ClH/c1-10(12-4-6-13(17)7-5-12)19-14(21)8-18-15(22)9-20(3)11(2)16(23)24;/h4-7,10-11H,8-9H2,1-3H3,(H,18,22)(H,19,21)(H,23,24);1H. The number of carbonyl (C=O) groups is 3. The molecule has 0 aromatic heterocycles. The summed E-state index contributed by atoms with van der Waals surface area (Å²) in [5, 5.41) is 14.0. The lowest BCUT2D eigenvalue weighted by molar-refractivity contribution is -0.142. The van der Waals surface area contributed by atoms with Crippen molar-refractivity contribution in [3.8, 4) is 0 Å². The number of carbonyl (C=O) groups excluding carboxylic acids is 2. The van der Waals surface area contributed by atoms with E-state index < -0.39 is 23.8 Å². The molecule has 0 aliphatic rings. The van der Waals surface area contributed by atoms with E-state index in [1.807, 2.05) is 0 Å². The second-order valence-electron chi connectivity index (χ2n) is 5.55. The summed E-state index contributed by atoms with van der Waals surface area (Å²) >= 11 is 0. The summed E-state index contributed by atoms with van der Waals surface area (Å²) in [6, 6.07) is 4.62. The quantitative estimate of drug-likeness (QED) is 0.628. The lowest BCUT2D eigenvalue weighted by Gasteiger charge is -2.20. The molecule has 0 saturated heterocycles. The summed E-state index contributed by atoms with van der Waals surface area (Å²) in [5.74, 6) is -2.23. The van der Waals surface area contributed by atoms with Crippen LogP contribution in [0.4, 0.5) is 4.39 Å². The van der Waals surface area contributed by atoms with Crippen LogP contribution in [0.25, 0.3) is 0 Å². The number of carboxylic acid groups (broad SMARTS) is 1. The Morgan fingerprint density at radius 2 is 1.72 bits per heavy atom. The first-order chi connectivity index (χ1) is 11.2. The average molecular weight is 376 g/mol. The van der Waals surface area contributed by atoms with Gasteiger partial charge in [-0.25, -0.2) is 4.39 Å². The van der Waals surface area contributed by atoms with Gasteiger partial charge >= 0.3 is 5.97 Å². The Labute approximate surface area is 152 Å². The predicted molar refractivity (Wildman–Crippen MR) is 92.9 cm³/mol. The number of hydrogen-bond acceptors (Lipinski definition) is 4. The number of nitrogens with zero attached hydrogens (tertiary/aromatic N) is 1. The molecular formula is C16H23ClFN3O4. The molecule has 1 aromatic rings. The summed E-state index contributed by atoms with van der Waals surface area (Å²) in [4.78, 5) is 35.7. The normalized spacial score (nSPS) is 12.7. The van der Waals surface area contributed by atoms with Gasteiger partial charge in [-0.3, -0.25) is 19.3 Å². The van der Waals surface area contributed by atoms with Gasteiger partial charge in [0.2, 0.25) is 11.8 Å². The van der Waals surface area contributed by atoms with Crippen molar-refractivity contribution < 1.29 is 23.9 Å². The SMILES string of the molecule is CC(NC(=O)CNC(=O)CN(C)C(C)C(=O)O)c1ccc(F)cc1.Cl. The van der Waals surface area contributed by atoms with E-state index in [0.29, 0.717) is 0 Å². The van der Waals surface area contributed by atoms with Crippen LogP contribution in [0.1, 0.15) is 25.5 Å². The molecule has 140 valence electrons. The van der Waals surface area contributed by atoms with Gasteiger partial charge in [-0.1, -0.05) is 12.1 Å². The van der Waals surface area contributed by atoms with Crippen LogP contribution in [0.3, 0.4) is 0 Å². The Morgan fingerprint density at radius 3 is 2.24 bits per heavy atom. The maximum Gasteiger partial charge on any atom is 0.320 e. The van der Waals surface area contributed by atoms with Gasteiger partial charge in [-0.15, -0.1) is 12.4 Å². The number of aliphatic carboxylic acids is 1. The van der Waals surface area contributed by atoms with E-state index >= 15 is 0 Å². The van der Waals surface area contributed by atoms with Crippen molar-refractivity contribution in [2.75, 3.05) is 20.1 Å². The lowest BCUT2D eigenvalue weighted by atomic mass is 10.1. The highest BCUT2D eigenvalue weighted by Gasteiger charge is 2.19. The van der Waals surface area contributed by atoms with Gasteiger partial charge in [-0.2, -0.15) is 0 Å². The van der Waals surface area contributed by atoms with Crippen molar-refractivity contribution >= 4 is 30.2 Å². The average Bonchev–Trinajstić information content (AvgIpc) is 2.52. The molecule has 0 aliphatic heterocycles. The van der Waals surface area contributed by atoms with E-state index in [0.717, 1.165) is 5.56 Å². The van der Waals surface area contributed by atoms with Crippen LogP contribution in [-0.2, 0) is 14.4 Å². The molecule has 0 heterocycles. The van der Waals surface area contributed by atoms with E-state index in [2.05, 4.69) is 10.6 Å². The van der Waals surface area contributed by atoms with Crippen LogP contribution in [-0.4, -0.2) is 54.0 Å². The fourth-order valence-electron chi connectivity index (χ4n) is 1.91. The second-order valence-corrected chi connectivity index (χ2v) is 5.55. The van der Waals surface area contributed by atoms with Gasteiger partial charge in [-0.05, 0) is 38.6 Å². The molecule has 2 amide bonds. The van der Waals surface area contributed by atoms with Crippen LogP contribution < -0.4 is 10.6 Å². The summed E-state index contributed by atoms with van der Waals surface area (Å²) in [6.07, 6.45) is 0. The number of likely N-dealkylation sites (N-methyl/N-ethyl adjacent to an activating group) is 1. The van der Waals surface area contributed by atoms with Gasteiger partial charge in [0, 0.05) is 0 Å². The number of rotatable bonds is 8. The monoisotopic (exact) mass is 375 g/mol. The maximum atomic E-state index is 12.9. The fraction of sp³-hybridized carbons (Fsp3) is 0.438. The zero-order chi connectivity index (χ0) is 18.3. The molecular weight excluding hydrogens is 353 g/mol. The molecule has 2 atom stereocenters. The van der Waals surface area contributed by atoms with E-state index in [9.17, 15) is 18.8 Å². The second kappa shape index (κ2) is 10.6. The van der Waals surface area contributed by atoms with Crippen molar-refractivity contribution in [3.63, 3.8) is 0 Å². The Bertz CT molecular complexity index is 598. The first-order valence-electron chi connectivity index (χ1n) is 7.45. The molecule has 1 rings (SSSR count). The Morgan fingerprint density at radius 1 is 1.16 bits per heavy atom. The number of hydrogen-bond donors (Lipinski definition) is 3. The maximum absolute atomic E-state index is 12.9. The van der Waals surface area contributed by atoms with Crippen LogP contribution in [0.5, 0.6) is 0 Å². The topological polar surface area (TPSA) is 98.7 Å². The molecule has 2 unspecified atom stereocenters. The van der Waals surface area contributed by atoms with Gasteiger partial charge < -0.3 is 15.7 Å². The molecule has 9 heteroatoms. The number of amides is 2. The van der Waals surface area contributed by atoms with E-state index in [-0.39, 0.29) is 37.4 Å². The molecule has 1 aromatic carbocycles.